The van der Waals surface area contributed by atoms with Crippen LogP contribution in [0.15, 0.2) is 6.20 Å². The highest BCUT2D eigenvalue weighted by Gasteiger charge is 2.04. The summed E-state index contributed by atoms with van der Waals surface area (Å²) in [6.07, 6.45) is 5.62. The molecule has 1 rings (SSSR count). The van der Waals surface area contributed by atoms with Crippen LogP contribution in [0, 0.1) is 0 Å². The van der Waals surface area contributed by atoms with Gasteiger partial charge in [0.05, 0.1) is 5.69 Å². The van der Waals surface area contributed by atoms with Crippen LogP contribution < -0.4 is 5.32 Å². The monoisotopic (exact) mass is 238 g/mol. The van der Waals surface area contributed by atoms with Crippen molar-refractivity contribution in [2.45, 2.75) is 32.7 Å². The van der Waals surface area contributed by atoms with Crippen LogP contribution in [0.25, 0.3) is 0 Å². The summed E-state index contributed by atoms with van der Waals surface area (Å²) in [4.78, 5) is 2.23. The Bertz CT molecular complexity index is 317. The zero-order chi connectivity index (χ0) is 12.7. The number of unbranched alkanes of at least 4 members (excludes halogenated alkanes) is 1. The first-order chi connectivity index (χ1) is 8.13. The maximum atomic E-state index is 4.44. The number of hydrogen-bond donors (Lipinski definition) is 1. The first-order valence-electron chi connectivity index (χ1n) is 6.50. The van der Waals surface area contributed by atoms with E-state index in [0.717, 1.165) is 19.5 Å². The molecule has 0 unspecified atom stereocenters. The van der Waals surface area contributed by atoms with Crippen LogP contribution in [0.2, 0.25) is 0 Å². The summed E-state index contributed by atoms with van der Waals surface area (Å²) in [5.74, 6) is 0. The van der Waals surface area contributed by atoms with Gasteiger partial charge in [0.25, 0.3) is 0 Å². The van der Waals surface area contributed by atoms with Crippen LogP contribution in [0.5, 0.6) is 0 Å². The summed E-state index contributed by atoms with van der Waals surface area (Å²) in [7, 11) is 6.23. The third-order valence-electron chi connectivity index (χ3n) is 2.85. The summed E-state index contributed by atoms with van der Waals surface area (Å²) in [5, 5.41) is 7.93. The highest BCUT2D eigenvalue weighted by Crippen LogP contribution is 2.06. The Morgan fingerprint density at radius 2 is 2.12 bits per heavy atom. The molecule has 0 aromatic carbocycles. The van der Waals surface area contributed by atoms with Crippen molar-refractivity contribution < 1.29 is 0 Å². The average Bonchev–Trinajstić information content (AvgIpc) is 2.63. The van der Waals surface area contributed by atoms with Gasteiger partial charge in [0, 0.05) is 25.4 Å². The van der Waals surface area contributed by atoms with E-state index in [-0.39, 0.29) is 0 Å². The average molecular weight is 238 g/mol. The zero-order valence-corrected chi connectivity index (χ0v) is 11.7. The van der Waals surface area contributed by atoms with E-state index in [2.05, 4.69) is 42.5 Å². The van der Waals surface area contributed by atoms with E-state index < -0.39 is 0 Å². The van der Waals surface area contributed by atoms with Crippen molar-refractivity contribution in [3.63, 3.8) is 0 Å². The van der Waals surface area contributed by atoms with Crippen molar-refractivity contribution in [1.29, 1.82) is 0 Å². The van der Waals surface area contributed by atoms with Crippen LogP contribution >= 0.6 is 0 Å². The summed E-state index contributed by atoms with van der Waals surface area (Å²) >= 11 is 0. The minimum atomic E-state index is 0.943. The summed E-state index contributed by atoms with van der Waals surface area (Å²) in [6.45, 7) is 5.36. The second-order valence-electron chi connectivity index (χ2n) is 4.82. The van der Waals surface area contributed by atoms with Gasteiger partial charge in [0.15, 0.2) is 0 Å². The predicted octanol–water partition coefficient (Wildman–Crippen LogP) is 1.41. The first-order valence-corrected chi connectivity index (χ1v) is 6.50. The minimum absolute atomic E-state index is 0.943. The van der Waals surface area contributed by atoms with Gasteiger partial charge in [-0.05, 0) is 46.4 Å². The van der Waals surface area contributed by atoms with Crippen LogP contribution in [0.4, 0.5) is 0 Å². The van der Waals surface area contributed by atoms with Crippen molar-refractivity contribution in [2.24, 2.45) is 7.05 Å². The highest BCUT2D eigenvalue weighted by molar-refractivity contribution is 5.16. The summed E-state index contributed by atoms with van der Waals surface area (Å²) in [5.41, 5.74) is 2.55. The molecule has 0 saturated carbocycles. The van der Waals surface area contributed by atoms with E-state index >= 15 is 0 Å². The fourth-order valence-electron chi connectivity index (χ4n) is 1.93. The molecule has 0 atom stereocenters. The molecule has 1 aromatic heterocycles. The van der Waals surface area contributed by atoms with E-state index in [1.807, 2.05) is 11.7 Å². The number of aromatic nitrogens is 2. The van der Waals surface area contributed by atoms with Crippen molar-refractivity contribution in [2.75, 3.05) is 27.2 Å². The van der Waals surface area contributed by atoms with Crippen molar-refractivity contribution in [3.8, 4) is 0 Å². The lowest BCUT2D eigenvalue weighted by molar-refractivity contribution is 0.391. The van der Waals surface area contributed by atoms with Crippen LogP contribution in [-0.2, 0) is 20.0 Å². The van der Waals surface area contributed by atoms with E-state index in [0.29, 0.717) is 0 Å². The molecule has 0 saturated heterocycles. The quantitative estimate of drug-likeness (QED) is 0.695. The number of hydrogen-bond acceptors (Lipinski definition) is 3. The highest BCUT2D eigenvalue weighted by atomic mass is 15.3. The molecule has 0 aliphatic heterocycles. The molecular weight excluding hydrogens is 212 g/mol. The third kappa shape index (κ3) is 5.33. The molecule has 1 heterocycles. The van der Waals surface area contributed by atoms with E-state index in [1.54, 1.807) is 0 Å². The van der Waals surface area contributed by atoms with E-state index in [9.17, 15) is 0 Å². The molecule has 1 N–H and O–H groups in total. The second kappa shape index (κ2) is 7.45. The maximum Gasteiger partial charge on any atom is 0.0666 e. The Labute approximate surface area is 105 Å². The lowest BCUT2D eigenvalue weighted by atomic mass is 10.2. The first kappa shape index (κ1) is 14.2. The Morgan fingerprint density at radius 3 is 2.76 bits per heavy atom. The molecule has 0 aliphatic carbocycles. The largest absolute Gasteiger partial charge is 0.313 e. The Kier molecular flexibility index (Phi) is 6.22. The number of aryl methyl sites for hydroxylation is 2. The lowest BCUT2D eigenvalue weighted by Gasteiger charge is -2.09. The van der Waals surface area contributed by atoms with Crippen molar-refractivity contribution >= 4 is 0 Å². The molecule has 0 fully saturated rings. The molecule has 1 aromatic rings. The molecular formula is C13H26N4. The predicted molar refractivity (Wildman–Crippen MR) is 72.1 cm³/mol. The zero-order valence-electron chi connectivity index (χ0n) is 11.7. The SMILES string of the molecule is CCc1nn(C)cc1CNCCCCN(C)C. The van der Waals surface area contributed by atoms with Gasteiger partial charge in [0.2, 0.25) is 0 Å². The molecule has 17 heavy (non-hydrogen) atoms. The van der Waals surface area contributed by atoms with Gasteiger partial charge in [-0.2, -0.15) is 5.10 Å². The molecule has 0 amide bonds. The van der Waals surface area contributed by atoms with Gasteiger partial charge in [-0.3, -0.25) is 4.68 Å². The smallest absolute Gasteiger partial charge is 0.0666 e. The van der Waals surface area contributed by atoms with Crippen molar-refractivity contribution in [1.82, 2.24) is 20.0 Å². The molecule has 0 spiro atoms. The van der Waals surface area contributed by atoms with Gasteiger partial charge in [-0.25, -0.2) is 0 Å². The normalized spacial score (nSPS) is 11.4. The van der Waals surface area contributed by atoms with Crippen LogP contribution in [-0.4, -0.2) is 41.9 Å². The third-order valence-corrected chi connectivity index (χ3v) is 2.85. The molecule has 0 aliphatic rings. The van der Waals surface area contributed by atoms with E-state index in [1.165, 1.54) is 30.6 Å². The van der Waals surface area contributed by atoms with Crippen LogP contribution in [0.3, 0.4) is 0 Å². The molecule has 4 nitrogen and oxygen atoms in total. The van der Waals surface area contributed by atoms with Crippen molar-refractivity contribution in [3.05, 3.63) is 17.5 Å². The van der Waals surface area contributed by atoms with Gasteiger partial charge < -0.3 is 10.2 Å². The van der Waals surface area contributed by atoms with Gasteiger partial charge in [-0.1, -0.05) is 6.92 Å². The number of nitrogens with one attached hydrogen (secondary N) is 1. The standard InChI is InChI=1S/C13H26N4/c1-5-13-12(11-17(4)15-13)10-14-8-6-7-9-16(2)3/h11,14H,5-10H2,1-4H3. The summed E-state index contributed by atoms with van der Waals surface area (Å²) in [6, 6.07) is 0. The Morgan fingerprint density at radius 1 is 1.35 bits per heavy atom. The molecule has 98 valence electrons. The maximum absolute atomic E-state index is 4.44. The lowest BCUT2D eigenvalue weighted by Crippen LogP contribution is -2.18. The number of rotatable bonds is 8. The Balaban J connectivity index is 2.17. The van der Waals surface area contributed by atoms with Gasteiger partial charge in [0.1, 0.15) is 0 Å². The fraction of sp³-hybridized carbons (Fsp3) is 0.769. The van der Waals surface area contributed by atoms with Gasteiger partial charge >= 0.3 is 0 Å². The summed E-state index contributed by atoms with van der Waals surface area (Å²) < 4.78 is 1.90. The second-order valence-corrected chi connectivity index (χ2v) is 4.82. The Hall–Kier alpha value is -0.870. The van der Waals surface area contributed by atoms with Crippen LogP contribution in [0.1, 0.15) is 31.0 Å². The van der Waals surface area contributed by atoms with E-state index in [4.69, 9.17) is 0 Å². The molecule has 4 heteroatoms. The minimum Gasteiger partial charge on any atom is -0.313 e. The number of nitrogens with zero attached hydrogens (tertiary/aromatic N) is 3. The molecule has 0 radical (unpaired) electrons. The fourth-order valence-corrected chi connectivity index (χ4v) is 1.93. The molecule has 0 bridgehead atoms. The van der Waals surface area contributed by atoms with Gasteiger partial charge in [-0.15, -0.1) is 0 Å². The topological polar surface area (TPSA) is 33.1 Å².